The first-order chi connectivity index (χ1) is 14.3. The number of nitrogens with zero attached hydrogens (tertiary/aromatic N) is 4. The van der Waals surface area contributed by atoms with Crippen LogP contribution >= 0.6 is 15.9 Å². The average molecular weight is 495 g/mol. The minimum Gasteiger partial charge on any atom is -0.337 e. The van der Waals surface area contributed by atoms with Crippen molar-refractivity contribution in [2.75, 3.05) is 19.6 Å². The van der Waals surface area contributed by atoms with Crippen LogP contribution in [0, 0.1) is 12.8 Å². The third-order valence-corrected chi connectivity index (χ3v) is 8.58. The van der Waals surface area contributed by atoms with E-state index in [1.165, 1.54) is 4.31 Å². The molecule has 1 atom stereocenters. The lowest BCUT2D eigenvalue weighted by atomic mass is 9.95. The summed E-state index contributed by atoms with van der Waals surface area (Å²) in [6.45, 7) is 3.25. The monoisotopic (exact) mass is 494 g/mol. The van der Waals surface area contributed by atoms with Crippen molar-refractivity contribution in [2.45, 2.75) is 43.7 Å². The zero-order chi connectivity index (χ0) is 21.5. The molecule has 162 valence electrons. The fourth-order valence-corrected chi connectivity index (χ4v) is 6.18. The van der Waals surface area contributed by atoms with Crippen molar-refractivity contribution in [3.8, 4) is 0 Å². The van der Waals surface area contributed by atoms with Gasteiger partial charge in [0.1, 0.15) is 5.82 Å². The maximum atomic E-state index is 13.3. The summed E-state index contributed by atoms with van der Waals surface area (Å²) in [4.78, 5) is 19.4. The first kappa shape index (κ1) is 21.5. The number of amides is 1. The van der Waals surface area contributed by atoms with E-state index in [4.69, 9.17) is 0 Å². The summed E-state index contributed by atoms with van der Waals surface area (Å²) < 4.78 is 30.0. The molecule has 0 bridgehead atoms. The molecule has 30 heavy (non-hydrogen) atoms. The Bertz CT molecular complexity index is 1010. The van der Waals surface area contributed by atoms with Crippen LogP contribution < -0.4 is 0 Å². The van der Waals surface area contributed by atoms with Crippen molar-refractivity contribution in [1.82, 2.24) is 18.8 Å². The Labute approximate surface area is 186 Å². The number of imidazole rings is 1. The zero-order valence-corrected chi connectivity index (χ0v) is 19.7. The Hall–Kier alpha value is -1.71. The van der Waals surface area contributed by atoms with Crippen molar-refractivity contribution in [1.29, 1.82) is 0 Å². The number of halogens is 1. The van der Waals surface area contributed by atoms with E-state index in [-0.39, 0.29) is 22.9 Å². The van der Waals surface area contributed by atoms with Crippen LogP contribution in [0.5, 0.6) is 0 Å². The van der Waals surface area contributed by atoms with Gasteiger partial charge in [-0.25, -0.2) is 13.4 Å². The largest absolute Gasteiger partial charge is 0.337 e. The van der Waals surface area contributed by atoms with Crippen LogP contribution in [0.3, 0.4) is 0 Å². The van der Waals surface area contributed by atoms with E-state index in [2.05, 4.69) is 33.0 Å². The molecule has 0 radical (unpaired) electrons. The van der Waals surface area contributed by atoms with Gasteiger partial charge in [-0.1, -0.05) is 28.1 Å². The number of likely N-dealkylation sites (tertiary alicyclic amines) is 1. The SMILES string of the molecule is Cc1nc(S(=O)(=O)N2CCC(C(=O)N3CCCC3c3ccc(Br)cc3)CC2)cn1C. The molecule has 2 aliphatic rings. The van der Waals surface area contributed by atoms with Crippen LogP contribution in [0.4, 0.5) is 0 Å². The van der Waals surface area contributed by atoms with Gasteiger partial charge in [0.05, 0.1) is 6.04 Å². The zero-order valence-electron chi connectivity index (χ0n) is 17.3. The highest BCUT2D eigenvalue weighted by Crippen LogP contribution is 2.35. The molecule has 1 amide bonds. The van der Waals surface area contributed by atoms with E-state index in [0.717, 1.165) is 29.4 Å². The molecule has 9 heteroatoms. The molecule has 2 aliphatic heterocycles. The molecule has 2 saturated heterocycles. The first-order valence-electron chi connectivity index (χ1n) is 10.3. The molecule has 7 nitrogen and oxygen atoms in total. The lowest BCUT2D eigenvalue weighted by molar-refractivity contribution is -0.137. The van der Waals surface area contributed by atoms with E-state index in [1.807, 2.05) is 17.0 Å². The molecular weight excluding hydrogens is 468 g/mol. The summed E-state index contributed by atoms with van der Waals surface area (Å²) in [6.07, 6.45) is 4.62. The van der Waals surface area contributed by atoms with Gasteiger partial charge in [-0.15, -0.1) is 0 Å². The lowest BCUT2D eigenvalue weighted by Gasteiger charge is -2.34. The fraction of sp³-hybridized carbons (Fsp3) is 0.524. The highest BCUT2D eigenvalue weighted by molar-refractivity contribution is 9.10. The van der Waals surface area contributed by atoms with Gasteiger partial charge >= 0.3 is 0 Å². The van der Waals surface area contributed by atoms with Crippen molar-refractivity contribution >= 4 is 31.9 Å². The number of sulfonamides is 1. The first-order valence-corrected chi connectivity index (χ1v) is 12.6. The van der Waals surface area contributed by atoms with Crippen LogP contribution in [0.1, 0.15) is 43.1 Å². The molecule has 4 rings (SSSR count). The Morgan fingerprint density at radius 1 is 1.10 bits per heavy atom. The van der Waals surface area contributed by atoms with Crippen molar-refractivity contribution < 1.29 is 13.2 Å². The van der Waals surface area contributed by atoms with E-state index < -0.39 is 10.0 Å². The summed E-state index contributed by atoms with van der Waals surface area (Å²) in [5, 5.41) is 0.0853. The number of carbonyl (C=O) groups is 1. The Kier molecular flexibility index (Phi) is 6.05. The molecule has 0 aliphatic carbocycles. The molecule has 0 saturated carbocycles. The second kappa shape index (κ2) is 8.43. The van der Waals surface area contributed by atoms with Crippen molar-refractivity contribution in [2.24, 2.45) is 13.0 Å². The molecule has 2 fully saturated rings. The summed E-state index contributed by atoms with van der Waals surface area (Å²) in [5.74, 6) is 0.691. The molecule has 0 spiro atoms. The lowest BCUT2D eigenvalue weighted by Crippen LogP contribution is -2.44. The minimum atomic E-state index is -3.62. The van der Waals surface area contributed by atoms with E-state index in [0.29, 0.717) is 31.8 Å². The smallest absolute Gasteiger partial charge is 0.262 e. The number of aromatic nitrogens is 2. The molecule has 1 unspecified atom stereocenters. The quantitative estimate of drug-likeness (QED) is 0.653. The third-order valence-electron chi connectivity index (χ3n) is 6.28. The van der Waals surface area contributed by atoms with Gasteiger partial charge in [-0.2, -0.15) is 4.31 Å². The summed E-state index contributed by atoms with van der Waals surface area (Å²) in [7, 11) is -1.84. The van der Waals surface area contributed by atoms with Crippen LogP contribution in [-0.4, -0.2) is 52.7 Å². The average Bonchev–Trinajstić information content (AvgIpc) is 3.35. The Morgan fingerprint density at radius 3 is 2.37 bits per heavy atom. The van der Waals surface area contributed by atoms with E-state index in [9.17, 15) is 13.2 Å². The van der Waals surface area contributed by atoms with Gasteiger partial charge in [0, 0.05) is 43.3 Å². The normalized spacial score (nSPS) is 21.3. The highest BCUT2D eigenvalue weighted by Gasteiger charge is 2.38. The summed E-state index contributed by atoms with van der Waals surface area (Å²) in [5.41, 5.74) is 1.16. The van der Waals surface area contributed by atoms with Crippen LogP contribution in [0.25, 0.3) is 0 Å². The fourth-order valence-electron chi connectivity index (χ4n) is 4.42. The van der Waals surface area contributed by atoms with Crippen molar-refractivity contribution in [3.05, 3.63) is 46.3 Å². The third kappa shape index (κ3) is 4.07. The second-order valence-corrected chi connectivity index (χ2v) is 11.0. The number of hydrogen-bond acceptors (Lipinski definition) is 4. The van der Waals surface area contributed by atoms with Crippen LogP contribution in [-0.2, 0) is 21.9 Å². The second-order valence-electron chi connectivity index (χ2n) is 8.16. The van der Waals surface area contributed by atoms with Gasteiger partial charge in [-0.05, 0) is 50.3 Å². The van der Waals surface area contributed by atoms with Gasteiger partial charge < -0.3 is 9.47 Å². The Balaban J connectivity index is 1.42. The number of hydrogen-bond donors (Lipinski definition) is 0. The number of carbonyl (C=O) groups excluding carboxylic acids is 1. The molecule has 1 aromatic heterocycles. The summed E-state index contributed by atoms with van der Waals surface area (Å²) >= 11 is 3.46. The molecule has 3 heterocycles. The maximum absolute atomic E-state index is 13.3. The highest BCUT2D eigenvalue weighted by atomic mass is 79.9. The molecule has 2 aromatic rings. The number of benzene rings is 1. The molecule has 0 N–H and O–H groups in total. The standard InChI is InChI=1S/C21H27BrN4O3S/c1-15-23-20(14-24(15)2)30(28,29)25-12-9-17(10-13-25)21(27)26-11-3-4-19(26)16-5-7-18(22)8-6-16/h5-8,14,17,19H,3-4,9-13H2,1-2H3. The van der Waals surface area contributed by atoms with Crippen LogP contribution in [0.2, 0.25) is 0 Å². The van der Waals surface area contributed by atoms with Gasteiger partial charge in [0.2, 0.25) is 5.91 Å². The minimum absolute atomic E-state index is 0.0853. The van der Waals surface area contributed by atoms with Crippen molar-refractivity contribution in [3.63, 3.8) is 0 Å². The number of rotatable bonds is 4. The van der Waals surface area contributed by atoms with Crippen LogP contribution in [0.15, 0.2) is 40.0 Å². The summed E-state index contributed by atoms with van der Waals surface area (Å²) in [6, 6.07) is 8.29. The maximum Gasteiger partial charge on any atom is 0.262 e. The van der Waals surface area contributed by atoms with Gasteiger partial charge in [-0.3, -0.25) is 4.79 Å². The van der Waals surface area contributed by atoms with E-state index >= 15 is 0 Å². The number of piperidine rings is 1. The predicted molar refractivity (Wildman–Crippen MR) is 117 cm³/mol. The Morgan fingerprint density at radius 2 is 1.77 bits per heavy atom. The van der Waals surface area contributed by atoms with E-state index in [1.54, 1.807) is 24.7 Å². The van der Waals surface area contributed by atoms with Gasteiger partial charge in [0.15, 0.2) is 5.03 Å². The molecule has 1 aromatic carbocycles. The predicted octanol–water partition coefficient (Wildman–Crippen LogP) is 3.26. The topological polar surface area (TPSA) is 75.5 Å². The number of aryl methyl sites for hydroxylation is 2. The van der Waals surface area contributed by atoms with Gasteiger partial charge in [0.25, 0.3) is 10.0 Å². The molecular formula is C21H27BrN4O3S.